The second-order valence-electron chi connectivity index (χ2n) is 4.74. The van der Waals surface area contributed by atoms with E-state index in [9.17, 15) is 9.90 Å². The molecule has 1 heterocycles. The van der Waals surface area contributed by atoms with Crippen LogP contribution in [-0.4, -0.2) is 30.4 Å². The summed E-state index contributed by atoms with van der Waals surface area (Å²) in [6.07, 6.45) is 0.968. The number of rotatable bonds is 6. The molecule has 1 aromatic carbocycles. The Morgan fingerprint density at radius 2 is 2.21 bits per heavy atom. The minimum absolute atomic E-state index is 0.172. The molecule has 0 aromatic heterocycles. The second kappa shape index (κ2) is 5.99. The van der Waals surface area contributed by atoms with Crippen LogP contribution in [0.25, 0.3) is 0 Å². The monoisotopic (exact) mass is 262 g/mol. The molecule has 4 nitrogen and oxygen atoms in total. The third-order valence-electron chi connectivity index (χ3n) is 3.48. The van der Waals surface area contributed by atoms with Crippen LogP contribution in [0.15, 0.2) is 43.0 Å². The van der Waals surface area contributed by atoms with Crippen molar-refractivity contribution in [2.24, 2.45) is 5.41 Å². The third kappa shape index (κ3) is 3.03. The van der Waals surface area contributed by atoms with Gasteiger partial charge in [-0.25, -0.2) is 4.79 Å². The summed E-state index contributed by atoms with van der Waals surface area (Å²) in [6.45, 7) is 4.81. The van der Waals surface area contributed by atoms with Crippen LogP contribution in [0.2, 0.25) is 0 Å². The first-order chi connectivity index (χ1) is 9.18. The van der Waals surface area contributed by atoms with Crippen molar-refractivity contribution >= 4 is 5.97 Å². The minimum Gasteiger partial charge on any atom is -0.463 e. The molecule has 0 radical (unpaired) electrons. The molecule has 1 N–H and O–H groups in total. The van der Waals surface area contributed by atoms with E-state index in [0.29, 0.717) is 19.6 Å². The van der Waals surface area contributed by atoms with Crippen molar-refractivity contribution < 1.29 is 19.4 Å². The van der Waals surface area contributed by atoms with E-state index in [4.69, 9.17) is 9.47 Å². The highest BCUT2D eigenvalue weighted by atomic mass is 16.6. The summed E-state index contributed by atoms with van der Waals surface area (Å²) in [6, 6.07) is 9.84. The van der Waals surface area contributed by atoms with Crippen molar-refractivity contribution in [1.82, 2.24) is 0 Å². The van der Waals surface area contributed by atoms with Gasteiger partial charge >= 0.3 is 5.97 Å². The van der Waals surface area contributed by atoms with Gasteiger partial charge in [-0.2, -0.15) is 0 Å². The number of aliphatic hydroxyl groups excluding tert-OH is 1. The molecule has 4 heteroatoms. The van der Waals surface area contributed by atoms with Crippen molar-refractivity contribution in [1.29, 1.82) is 0 Å². The highest BCUT2D eigenvalue weighted by molar-refractivity contribution is 5.78. The van der Waals surface area contributed by atoms with Crippen LogP contribution in [0, 0.1) is 5.41 Å². The summed E-state index contributed by atoms with van der Waals surface area (Å²) >= 11 is 0. The predicted molar refractivity (Wildman–Crippen MR) is 70.3 cm³/mol. The number of hydrogen-bond donors (Lipinski definition) is 1. The molecule has 19 heavy (non-hydrogen) atoms. The molecular formula is C15H18O4. The molecule has 1 saturated heterocycles. The maximum absolute atomic E-state index is 11.2. The van der Waals surface area contributed by atoms with Crippen LogP contribution in [0.5, 0.6) is 0 Å². The smallest absolute Gasteiger partial charge is 0.336 e. The van der Waals surface area contributed by atoms with Crippen LogP contribution in [0.1, 0.15) is 12.0 Å². The average molecular weight is 262 g/mol. The first kappa shape index (κ1) is 13.8. The van der Waals surface area contributed by atoms with Crippen molar-refractivity contribution in [2.75, 3.05) is 13.2 Å². The molecule has 0 saturated carbocycles. The molecule has 1 fully saturated rings. The minimum atomic E-state index is -1.13. The van der Waals surface area contributed by atoms with Gasteiger partial charge < -0.3 is 14.6 Å². The Balaban J connectivity index is 1.81. The van der Waals surface area contributed by atoms with E-state index in [-0.39, 0.29) is 6.61 Å². The maximum Gasteiger partial charge on any atom is 0.336 e. The number of benzene rings is 1. The van der Waals surface area contributed by atoms with Gasteiger partial charge in [-0.15, -0.1) is 6.58 Å². The Morgan fingerprint density at radius 3 is 2.79 bits per heavy atom. The van der Waals surface area contributed by atoms with Crippen molar-refractivity contribution in [3.05, 3.63) is 48.6 Å². The molecule has 0 aliphatic carbocycles. The molecule has 2 rings (SSSR count). The van der Waals surface area contributed by atoms with Crippen LogP contribution in [-0.2, 0) is 20.9 Å². The lowest BCUT2D eigenvalue weighted by molar-refractivity contribution is -0.145. The summed E-state index contributed by atoms with van der Waals surface area (Å²) in [7, 11) is 0. The summed E-state index contributed by atoms with van der Waals surface area (Å²) in [5, 5.41) is 9.82. The molecule has 1 aliphatic heterocycles. The van der Waals surface area contributed by atoms with Crippen molar-refractivity contribution in [2.45, 2.75) is 19.1 Å². The Morgan fingerprint density at radius 1 is 1.47 bits per heavy atom. The van der Waals surface area contributed by atoms with Crippen LogP contribution in [0.4, 0.5) is 0 Å². The van der Waals surface area contributed by atoms with Crippen LogP contribution in [0.3, 0.4) is 0 Å². The topological polar surface area (TPSA) is 55.8 Å². The third-order valence-corrected chi connectivity index (χ3v) is 3.48. The first-order valence-electron chi connectivity index (χ1n) is 6.28. The number of esters is 1. The number of aliphatic hydroxyl groups is 1. The van der Waals surface area contributed by atoms with Crippen LogP contribution < -0.4 is 0 Å². The Kier molecular flexibility index (Phi) is 4.35. The fourth-order valence-corrected chi connectivity index (χ4v) is 2.11. The largest absolute Gasteiger partial charge is 0.463 e. The van der Waals surface area contributed by atoms with Gasteiger partial charge in [0.05, 0.1) is 12.0 Å². The Bertz CT molecular complexity index is 443. The lowest BCUT2D eigenvalue weighted by Crippen LogP contribution is -2.34. The summed E-state index contributed by atoms with van der Waals surface area (Å²) < 4.78 is 10.4. The molecule has 1 aliphatic rings. The van der Waals surface area contributed by atoms with E-state index in [1.165, 1.54) is 0 Å². The van der Waals surface area contributed by atoms with E-state index < -0.39 is 17.5 Å². The fraction of sp³-hybridized carbons (Fsp3) is 0.400. The van der Waals surface area contributed by atoms with Gasteiger partial charge in [0.1, 0.15) is 6.61 Å². The first-order valence-corrected chi connectivity index (χ1v) is 6.28. The zero-order valence-electron chi connectivity index (χ0n) is 10.7. The molecule has 102 valence electrons. The van der Waals surface area contributed by atoms with Gasteiger partial charge in [-0.05, 0) is 12.0 Å². The second-order valence-corrected chi connectivity index (χ2v) is 4.74. The van der Waals surface area contributed by atoms with E-state index in [2.05, 4.69) is 6.58 Å². The highest BCUT2D eigenvalue weighted by Gasteiger charge is 2.47. The number of carbonyl (C=O) groups is 1. The SMILES string of the molecule is C=C[C@]1(CCOCc2ccccc2)COC(=O)[C@@H]1O. The molecule has 0 amide bonds. The van der Waals surface area contributed by atoms with Gasteiger partial charge in [-0.1, -0.05) is 36.4 Å². The van der Waals surface area contributed by atoms with E-state index in [0.717, 1.165) is 5.56 Å². The fourth-order valence-electron chi connectivity index (χ4n) is 2.11. The molecule has 0 spiro atoms. The van der Waals surface area contributed by atoms with E-state index in [1.54, 1.807) is 6.08 Å². The molecule has 0 unspecified atom stereocenters. The van der Waals surface area contributed by atoms with Gasteiger partial charge in [0.15, 0.2) is 6.10 Å². The molecule has 0 bridgehead atoms. The van der Waals surface area contributed by atoms with Crippen LogP contribution >= 0.6 is 0 Å². The maximum atomic E-state index is 11.2. The summed E-state index contributed by atoms with van der Waals surface area (Å²) in [5.41, 5.74) is 0.378. The number of carbonyl (C=O) groups excluding carboxylic acids is 1. The van der Waals surface area contributed by atoms with Crippen molar-refractivity contribution in [3.8, 4) is 0 Å². The molecule has 1 aromatic rings. The molecular weight excluding hydrogens is 244 g/mol. The van der Waals surface area contributed by atoms with E-state index >= 15 is 0 Å². The number of cyclic esters (lactones) is 1. The highest BCUT2D eigenvalue weighted by Crippen LogP contribution is 2.34. The average Bonchev–Trinajstić information content (AvgIpc) is 2.74. The van der Waals surface area contributed by atoms with Gasteiger partial charge in [0.25, 0.3) is 0 Å². The van der Waals surface area contributed by atoms with E-state index in [1.807, 2.05) is 30.3 Å². The number of ether oxygens (including phenoxy) is 2. The quantitative estimate of drug-likeness (QED) is 0.481. The lowest BCUT2D eigenvalue weighted by Gasteiger charge is -2.24. The van der Waals surface area contributed by atoms with Gasteiger partial charge in [-0.3, -0.25) is 0 Å². The van der Waals surface area contributed by atoms with Crippen molar-refractivity contribution in [3.63, 3.8) is 0 Å². The Labute approximate surface area is 112 Å². The Hall–Kier alpha value is -1.65. The van der Waals surface area contributed by atoms with Gasteiger partial charge in [0, 0.05) is 6.61 Å². The zero-order valence-corrected chi connectivity index (χ0v) is 10.7. The summed E-state index contributed by atoms with van der Waals surface area (Å²) in [5.74, 6) is -0.581. The standard InChI is InChI=1S/C15H18O4/c1-2-15(11-19-14(17)13(15)16)8-9-18-10-12-6-4-3-5-7-12/h2-7,13,16H,1,8-11H2/t13-,15-/m0/s1. The van der Waals surface area contributed by atoms with Gasteiger partial charge in [0.2, 0.25) is 0 Å². The summed E-state index contributed by atoms with van der Waals surface area (Å²) in [4.78, 5) is 11.2. The molecule has 2 atom stereocenters. The normalized spacial score (nSPS) is 26.2. The lowest BCUT2D eigenvalue weighted by atomic mass is 9.82. The number of hydrogen-bond acceptors (Lipinski definition) is 4. The predicted octanol–water partition coefficient (Wildman–Crippen LogP) is 1.68. The zero-order chi connectivity index (χ0) is 13.7.